The number of anilines is 2. The van der Waals surface area contributed by atoms with Crippen molar-refractivity contribution in [2.45, 2.75) is 11.4 Å². The molecule has 5 rings (SSSR count). The highest BCUT2D eigenvalue weighted by molar-refractivity contribution is 9.09. The van der Waals surface area contributed by atoms with E-state index in [1.54, 1.807) is 24.3 Å². The molecule has 0 radical (unpaired) electrons. The Bertz CT molecular complexity index is 1730. The SMILES string of the molecule is O=C(NS(=O)(=O)c1ccc(NCCBr)c([N+](=O)[O-])c1)c1ccc(N2CCN(Cc3ccccc3-c3ccccc3)CC2)cc1. The lowest BCUT2D eigenvalue weighted by molar-refractivity contribution is -0.384. The predicted molar refractivity (Wildman–Crippen MR) is 176 cm³/mol. The van der Waals surface area contributed by atoms with Crippen LogP contribution >= 0.6 is 15.9 Å². The number of sulfonamides is 1. The minimum absolute atomic E-state index is 0.165. The summed E-state index contributed by atoms with van der Waals surface area (Å²) in [4.78, 5) is 28.0. The number of hydrogen-bond donors (Lipinski definition) is 2. The molecule has 0 aliphatic carbocycles. The van der Waals surface area contributed by atoms with E-state index in [1.807, 2.05) is 10.8 Å². The fourth-order valence-corrected chi connectivity index (χ4v) is 6.38. The summed E-state index contributed by atoms with van der Waals surface area (Å²) in [6.07, 6.45) is 0. The summed E-state index contributed by atoms with van der Waals surface area (Å²) in [5, 5.41) is 14.9. The molecule has 1 aliphatic heterocycles. The van der Waals surface area contributed by atoms with Crippen molar-refractivity contribution in [3.8, 4) is 11.1 Å². The fourth-order valence-electron chi connectivity index (χ4n) is 5.19. The van der Waals surface area contributed by atoms with Crippen molar-refractivity contribution in [1.29, 1.82) is 0 Å². The van der Waals surface area contributed by atoms with Crippen molar-refractivity contribution in [3.63, 3.8) is 0 Å². The summed E-state index contributed by atoms with van der Waals surface area (Å²) >= 11 is 3.23. The molecule has 1 fully saturated rings. The average Bonchev–Trinajstić information content (AvgIpc) is 3.04. The number of nitrogens with one attached hydrogen (secondary N) is 2. The molecule has 1 saturated heterocycles. The molecule has 12 heteroatoms. The van der Waals surface area contributed by atoms with Gasteiger partial charge in [0.25, 0.3) is 21.6 Å². The van der Waals surface area contributed by atoms with Gasteiger partial charge in [-0.25, -0.2) is 13.1 Å². The predicted octanol–water partition coefficient (Wildman–Crippen LogP) is 5.51. The maximum atomic E-state index is 12.9. The lowest BCUT2D eigenvalue weighted by atomic mass is 9.99. The highest BCUT2D eigenvalue weighted by Crippen LogP contribution is 2.28. The Balaban J connectivity index is 1.19. The molecule has 0 atom stereocenters. The van der Waals surface area contributed by atoms with Gasteiger partial charge < -0.3 is 10.2 Å². The molecular formula is C32H32BrN5O5S. The number of alkyl halides is 1. The van der Waals surface area contributed by atoms with Gasteiger partial charge >= 0.3 is 0 Å². The highest BCUT2D eigenvalue weighted by Gasteiger charge is 2.24. The highest BCUT2D eigenvalue weighted by atomic mass is 79.9. The molecule has 0 unspecified atom stereocenters. The third-order valence-corrected chi connectivity index (χ3v) is 9.20. The summed E-state index contributed by atoms with van der Waals surface area (Å²) in [6.45, 7) is 4.64. The normalized spacial score (nSPS) is 13.8. The first-order valence-electron chi connectivity index (χ1n) is 14.1. The van der Waals surface area contributed by atoms with Gasteiger partial charge in [-0.2, -0.15) is 0 Å². The molecule has 10 nitrogen and oxygen atoms in total. The third kappa shape index (κ3) is 7.44. The Morgan fingerprint density at radius 3 is 2.25 bits per heavy atom. The van der Waals surface area contributed by atoms with Gasteiger partial charge in [-0.05, 0) is 53.1 Å². The second-order valence-corrected chi connectivity index (χ2v) is 12.8. The summed E-state index contributed by atoms with van der Waals surface area (Å²) in [5.74, 6) is -0.817. The topological polar surface area (TPSA) is 125 Å². The number of benzene rings is 4. The summed E-state index contributed by atoms with van der Waals surface area (Å²) in [5.41, 5.74) is 4.63. The molecular weight excluding hydrogens is 646 g/mol. The Morgan fingerprint density at radius 2 is 1.57 bits per heavy atom. The van der Waals surface area contributed by atoms with Crippen LogP contribution in [-0.4, -0.2) is 62.2 Å². The van der Waals surface area contributed by atoms with E-state index in [0.29, 0.717) is 11.9 Å². The van der Waals surface area contributed by atoms with Crippen molar-refractivity contribution in [2.75, 3.05) is 48.3 Å². The van der Waals surface area contributed by atoms with Crippen LogP contribution in [0, 0.1) is 10.1 Å². The van der Waals surface area contributed by atoms with Gasteiger partial charge in [0.15, 0.2) is 0 Å². The maximum absolute atomic E-state index is 12.9. The first-order valence-corrected chi connectivity index (χ1v) is 16.7. The van der Waals surface area contributed by atoms with Crippen LogP contribution in [0.15, 0.2) is 102 Å². The number of piperazine rings is 1. The van der Waals surface area contributed by atoms with E-state index in [9.17, 15) is 23.3 Å². The number of nitro benzene ring substituents is 1. The number of amides is 1. The van der Waals surface area contributed by atoms with Crippen LogP contribution < -0.4 is 14.9 Å². The van der Waals surface area contributed by atoms with Crippen LogP contribution in [0.25, 0.3) is 11.1 Å². The van der Waals surface area contributed by atoms with Gasteiger partial charge in [0.1, 0.15) is 5.69 Å². The maximum Gasteiger partial charge on any atom is 0.293 e. The second-order valence-electron chi connectivity index (χ2n) is 10.3. The minimum Gasteiger partial charge on any atom is -0.379 e. The molecule has 0 spiro atoms. The Hall–Kier alpha value is -4.26. The summed E-state index contributed by atoms with van der Waals surface area (Å²) in [7, 11) is -4.34. The number of carbonyl (C=O) groups excluding carboxylic acids is 1. The van der Waals surface area contributed by atoms with Crippen LogP contribution in [0.4, 0.5) is 17.1 Å². The first-order chi connectivity index (χ1) is 21.2. The van der Waals surface area contributed by atoms with Crippen LogP contribution in [0.3, 0.4) is 0 Å². The molecule has 1 aliphatic rings. The van der Waals surface area contributed by atoms with Crippen LogP contribution in [0.5, 0.6) is 0 Å². The van der Waals surface area contributed by atoms with Crippen LogP contribution in [0.1, 0.15) is 15.9 Å². The van der Waals surface area contributed by atoms with Gasteiger partial charge in [0.2, 0.25) is 0 Å². The van der Waals surface area contributed by atoms with Crippen molar-refractivity contribution < 1.29 is 18.1 Å². The zero-order chi connectivity index (χ0) is 31.1. The second kappa shape index (κ2) is 14.0. The van der Waals surface area contributed by atoms with E-state index < -0.39 is 26.5 Å². The number of nitro groups is 1. The monoisotopic (exact) mass is 677 g/mol. The molecule has 1 amide bonds. The largest absolute Gasteiger partial charge is 0.379 e. The van der Waals surface area contributed by atoms with Crippen molar-refractivity contribution in [1.82, 2.24) is 9.62 Å². The number of rotatable bonds is 11. The van der Waals surface area contributed by atoms with Gasteiger partial charge in [-0.3, -0.25) is 19.8 Å². The minimum atomic E-state index is -4.34. The van der Waals surface area contributed by atoms with E-state index in [0.717, 1.165) is 44.5 Å². The standard InChI is InChI=1S/C32H32BrN5O5S/c33-16-17-34-30-15-14-28(22-31(30)38(40)41)44(42,43)35-32(39)25-10-12-27(13-11-25)37-20-18-36(19-21-37)23-26-8-4-5-9-29(26)24-6-2-1-3-7-24/h1-15,22,34H,16-21,23H2,(H,35,39). The number of nitrogens with zero attached hydrogens (tertiary/aromatic N) is 3. The molecule has 2 N–H and O–H groups in total. The lowest BCUT2D eigenvalue weighted by Gasteiger charge is -2.36. The Kier molecular flexibility index (Phi) is 9.93. The molecule has 0 aromatic heterocycles. The smallest absolute Gasteiger partial charge is 0.293 e. The zero-order valence-electron chi connectivity index (χ0n) is 23.9. The fraction of sp³-hybridized carbons (Fsp3) is 0.219. The Labute approximate surface area is 265 Å². The number of hydrogen-bond acceptors (Lipinski definition) is 8. The molecule has 4 aromatic rings. The zero-order valence-corrected chi connectivity index (χ0v) is 26.3. The van der Waals surface area contributed by atoms with E-state index in [1.165, 1.54) is 28.8 Å². The third-order valence-electron chi connectivity index (χ3n) is 7.48. The number of carbonyl (C=O) groups is 1. The van der Waals surface area contributed by atoms with E-state index in [4.69, 9.17) is 0 Å². The summed E-state index contributed by atoms with van der Waals surface area (Å²) in [6, 6.07) is 29.1. The first kappa shape index (κ1) is 31.2. The van der Waals surface area contributed by atoms with Crippen molar-refractivity contribution >= 4 is 48.9 Å². The number of halogens is 1. The van der Waals surface area contributed by atoms with Gasteiger partial charge in [-0.1, -0.05) is 70.5 Å². The lowest BCUT2D eigenvalue weighted by Crippen LogP contribution is -2.46. The van der Waals surface area contributed by atoms with Crippen LogP contribution in [-0.2, 0) is 16.6 Å². The van der Waals surface area contributed by atoms with Crippen molar-refractivity contribution in [3.05, 3.63) is 118 Å². The van der Waals surface area contributed by atoms with Gasteiger partial charge in [0, 0.05) is 61.9 Å². The molecule has 4 aromatic carbocycles. The molecule has 0 saturated carbocycles. The quantitative estimate of drug-likeness (QED) is 0.121. The molecule has 1 heterocycles. The molecule has 44 heavy (non-hydrogen) atoms. The van der Waals surface area contributed by atoms with E-state index in [-0.39, 0.29) is 16.1 Å². The van der Waals surface area contributed by atoms with Gasteiger partial charge in [-0.15, -0.1) is 0 Å². The van der Waals surface area contributed by atoms with Crippen molar-refractivity contribution in [2.24, 2.45) is 0 Å². The molecule has 0 bridgehead atoms. The molecule has 228 valence electrons. The van der Waals surface area contributed by atoms with Gasteiger partial charge in [0.05, 0.1) is 9.82 Å². The van der Waals surface area contributed by atoms with E-state index >= 15 is 0 Å². The van der Waals surface area contributed by atoms with Crippen LogP contribution in [0.2, 0.25) is 0 Å². The van der Waals surface area contributed by atoms with E-state index in [2.05, 4.69) is 79.6 Å². The summed E-state index contributed by atoms with van der Waals surface area (Å²) < 4.78 is 27.8. The average molecular weight is 679 g/mol. The Morgan fingerprint density at radius 1 is 0.886 bits per heavy atom.